The molecule has 0 saturated carbocycles. The Morgan fingerprint density at radius 1 is 1.10 bits per heavy atom. The minimum Gasteiger partial charge on any atom is -0.294 e. The third kappa shape index (κ3) is 3.72. The van der Waals surface area contributed by atoms with Crippen molar-refractivity contribution in [1.29, 1.82) is 5.26 Å². The Bertz CT molecular complexity index is 624. The molecular weight excluding hydrogens is 266 g/mol. The predicted molar refractivity (Wildman–Crippen MR) is 81.8 cm³/mol. The number of hydrogen-bond acceptors (Lipinski definition) is 3. The molecule has 0 saturated heterocycles. The molecule has 100 valence electrons. The molecule has 2 aromatic carbocycles. The first-order valence-corrected chi connectivity index (χ1v) is 7.46. The van der Waals surface area contributed by atoms with Gasteiger partial charge in [0.2, 0.25) is 0 Å². The van der Waals surface area contributed by atoms with E-state index in [4.69, 9.17) is 5.26 Å². The van der Waals surface area contributed by atoms with E-state index >= 15 is 0 Å². The first kappa shape index (κ1) is 14.4. The zero-order valence-corrected chi connectivity index (χ0v) is 12.1. The van der Waals surface area contributed by atoms with Gasteiger partial charge in [0.05, 0.1) is 11.6 Å². The molecule has 2 nitrogen and oxygen atoms in total. The lowest BCUT2D eigenvalue weighted by molar-refractivity contribution is 0.0988. The Kier molecular flexibility index (Phi) is 4.97. The maximum absolute atomic E-state index is 11.5. The second-order valence-electron chi connectivity index (χ2n) is 4.40. The summed E-state index contributed by atoms with van der Waals surface area (Å²) in [6.07, 6.45) is 0.539. The van der Waals surface area contributed by atoms with Gasteiger partial charge < -0.3 is 0 Å². The van der Waals surface area contributed by atoms with Crippen molar-refractivity contribution in [2.75, 3.05) is 0 Å². The minimum absolute atomic E-state index is 0.175. The zero-order chi connectivity index (χ0) is 14.4. The van der Waals surface area contributed by atoms with E-state index in [0.717, 1.165) is 16.2 Å². The van der Waals surface area contributed by atoms with E-state index in [9.17, 15) is 4.79 Å². The van der Waals surface area contributed by atoms with Crippen molar-refractivity contribution in [3.05, 3.63) is 65.2 Å². The summed E-state index contributed by atoms with van der Waals surface area (Å²) in [5, 5.41) is 8.74. The van der Waals surface area contributed by atoms with Crippen LogP contribution in [0.2, 0.25) is 0 Å². The van der Waals surface area contributed by atoms with Crippen molar-refractivity contribution in [3.8, 4) is 6.07 Å². The number of rotatable bonds is 5. The van der Waals surface area contributed by atoms with Gasteiger partial charge in [-0.3, -0.25) is 4.79 Å². The van der Waals surface area contributed by atoms with Gasteiger partial charge in [-0.05, 0) is 29.8 Å². The number of nitrogens with zero attached hydrogens (tertiary/aromatic N) is 1. The van der Waals surface area contributed by atoms with Crippen molar-refractivity contribution in [3.63, 3.8) is 0 Å². The van der Waals surface area contributed by atoms with Gasteiger partial charge in [-0.15, -0.1) is 11.8 Å². The normalized spacial score (nSPS) is 10.0. The van der Waals surface area contributed by atoms with Gasteiger partial charge in [-0.2, -0.15) is 5.26 Å². The summed E-state index contributed by atoms with van der Waals surface area (Å²) in [5.41, 5.74) is 2.64. The molecule has 2 aromatic rings. The molecule has 0 aromatic heterocycles. The minimum atomic E-state index is 0.175. The quantitative estimate of drug-likeness (QED) is 0.601. The average Bonchev–Trinajstić information content (AvgIpc) is 2.53. The smallest absolute Gasteiger partial charge is 0.162 e. The Balaban J connectivity index is 1.96. The first-order chi connectivity index (χ1) is 9.72. The van der Waals surface area contributed by atoms with Gasteiger partial charge in [0, 0.05) is 22.6 Å². The maximum Gasteiger partial charge on any atom is 0.162 e. The number of carbonyl (C=O) groups is 1. The number of nitriles is 1. The average molecular weight is 281 g/mol. The zero-order valence-electron chi connectivity index (χ0n) is 11.3. The van der Waals surface area contributed by atoms with Gasteiger partial charge in [0.1, 0.15) is 0 Å². The molecule has 0 aliphatic carbocycles. The highest BCUT2D eigenvalue weighted by Crippen LogP contribution is 2.23. The van der Waals surface area contributed by atoms with Crippen LogP contribution in [0.1, 0.15) is 34.8 Å². The van der Waals surface area contributed by atoms with Crippen molar-refractivity contribution < 1.29 is 4.79 Å². The van der Waals surface area contributed by atoms with Crippen LogP contribution < -0.4 is 0 Å². The van der Waals surface area contributed by atoms with Crippen molar-refractivity contribution in [1.82, 2.24) is 0 Å². The molecule has 0 heterocycles. The molecule has 0 fully saturated rings. The third-order valence-corrected chi connectivity index (χ3v) is 4.07. The Labute approximate surface area is 123 Å². The fourth-order valence-electron chi connectivity index (χ4n) is 1.78. The predicted octanol–water partition coefficient (Wildman–Crippen LogP) is 4.44. The molecule has 0 atom stereocenters. The number of Topliss-reactive ketones (excluding diaryl/α,β-unsaturated/α-hetero) is 1. The van der Waals surface area contributed by atoms with Crippen LogP contribution in [-0.4, -0.2) is 5.78 Å². The molecule has 0 bridgehead atoms. The highest BCUT2D eigenvalue weighted by molar-refractivity contribution is 7.98. The highest BCUT2D eigenvalue weighted by atomic mass is 32.2. The summed E-state index contributed by atoms with van der Waals surface area (Å²) in [6.45, 7) is 1.87. The molecule has 20 heavy (non-hydrogen) atoms. The van der Waals surface area contributed by atoms with Crippen LogP contribution in [0, 0.1) is 11.3 Å². The van der Waals surface area contributed by atoms with Gasteiger partial charge in [0.25, 0.3) is 0 Å². The molecule has 0 radical (unpaired) electrons. The fraction of sp³-hybridized carbons (Fsp3) is 0.176. The molecule has 0 amide bonds. The van der Waals surface area contributed by atoms with Crippen LogP contribution >= 0.6 is 11.8 Å². The summed E-state index contributed by atoms with van der Waals surface area (Å²) in [4.78, 5) is 12.7. The second-order valence-corrected chi connectivity index (χ2v) is 5.45. The van der Waals surface area contributed by atoms with Crippen LogP contribution in [0.3, 0.4) is 0 Å². The summed E-state index contributed by atoms with van der Waals surface area (Å²) < 4.78 is 0. The first-order valence-electron chi connectivity index (χ1n) is 6.48. The van der Waals surface area contributed by atoms with Crippen LogP contribution in [0.25, 0.3) is 0 Å². The summed E-state index contributed by atoms with van der Waals surface area (Å²) in [6, 6.07) is 17.5. The Hall–Kier alpha value is -2.05. The Morgan fingerprint density at radius 3 is 2.30 bits per heavy atom. The van der Waals surface area contributed by atoms with Gasteiger partial charge in [-0.1, -0.05) is 31.2 Å². The molecule has 3 heteroatoms. The molecular formula is C17H15NOS. The van der Waals surface area contributed by atoms with E-state index in [-0.39, 0.29) is 5.78 Å². The maximum atomic E-state index is 11.5. The molecule has 2 rings (SSSR count). The number of hydrogen-bond donors (Lipinski definition) is 0. The summed E-state index contributed by atoms with van der Waals surface area (Å²) in [5.74, 6) is 1.03. The second kappa shape index (κ2) is 6.93. The standard InChI is InChI=1S/C17H15NOS/c1-2-17(19)15-7-9-16(10-8-15)20-12-14-5-3-13(11-18)4-6-14/h3-10H,2,12H2,1H3. The number of ketones is 1. The van der Waals surface area contributed by atoms with E-state index in [1.165, 1.54) is 5.56 Å². The van der Waals surface area contributed by atoms with E-state index in [0.29, 0.717) is 12.0 Å². The van der Waals surface area contributed by atoms with Gasteiger partial charge in [-0.25, -0.2) is 0 Å². The lowest BCUT2D eigenvalue weighted by Gasteiger charge is -2.03. The van der Waals surface area contributed by atoms with E-state index in [2.05, 4.69) is 6.07 Å². The summed E-state index contributed by atoms with van der Waals surface area (Å²) in [7, 11) is 0. The fourth-order valence-corrected chi connectivity index (χ4v) is 2.64. The highest BCUT2D eigenvalue weighted by Gasteiger charge is 2.03. The molecule has 0 spiro atoms. The van der Waals surface area contributed by atoms with Crippen LogP contribution in [0.5, 0.6) is 0 Å². The van der Waals surface area contributed by atoms with Crippen LogP contribution in [0.4, 0.5) is 0 Å². The SMILES string of the molecule is CCC(=O)c1ccc(SCc2ccc(C#N)cc2)cc1. The summed E-state index contributed by atoms with van der Waals surface area (Å²) >= 11 is 1.72. The Morgan fingerprint density at radius 2 is 1.75 bits per heavy atom. The molecule has 0 N–H and O–H groups in total. The van der Waals surface area contributed by atoms with Crippen LogP contribution in [-0.2, 0) is 5.75 Å². The molecule has 0 aliphatic rings. The van der Waals surface area contributed by atoms with E-state index in [1.807, 2.05) is 55.5 Å². The van der Waals surface area contributed by atoms with Crippen LogP contribution in [0.15, 0.2) is 53.4 Å². The largest absolute Gasteiger partial charge is 0.294 e. The molecule has 0 unspecified atom stereocenters. The lowest BCUT2D eigenvalue weighted by Crippen LogP contribution is -1.95. The number of carbonyl (C=O) groups excluding carboxylic acids is 1. The number of thioether (sulfide) groups is 1. The molecule has 0 aliphatic heterocycles. The lowest BCUT2D eigenvalue weighted by atomic mass is 10.1. The topological polar surface area (TPSA) is 40.9 Å². The van der Waals surface area contributed by atoms with Gasteiger partial charge >= 0.3 is 0 Å². The number of benzene rings is 2. The third-order valence-electron chi connectivity index (χ3n) is 2.99. The van der Waals surface area contributed by atoms with E-state index in [1.54, 1.807) is 11.8 Å². The van der Waals surface area contributed by atoms with Crippen molar-refractivity contribution >= 4 is 17.5 Å². The van der Waals surface area contributed by atoms with Crippen molar-refractivity contribution in [2.24, 2.45) is 0 Å². The van der Waals surface area contributed by atoms with Crippen molar-refractivity contribution in [2.45, 2.75) is 24.0 Å². The van der Waals surface area contributed by atoms with Gasteiger partial charge in [0.15, 0.2) is 5.78 Å². The monoisotopic (exact) mass is 281 g/mol. The van der Waals surface area contributed by atoms with E-state index < -0.39 is 0 Å².